The van der Waals surface area contributed by atoms with Gasteiger partial charge in [0.2, 0.25) is 0 Å². The Morgan fingerprint density at radius 1 is 1.09 bits per heavy atom. The number of amides is 1. The normalized spacial score (nSPS) is 24.2. The van der Waals surface area contributed by atoms with Crippen LogP contribution in [0.15, 0.2) is 30.6 Å². The SMILES string of the molecule is CCC12CC1CCN(C(=O)c1nc(C)ccc1-c1ncccn1)C2c1nnc(C)c(C)n1. The number of likely N-dealkylation sites (tertiary alicyclic amines) is 1. The average Bonchev–Trinajstić information content (AvgIpc) is 3.55. The van der Waals surface area contributed by atoms with Crippen LogP contribution in [0.2, 0.25) is 0 Å². The van der Waals surface area contributed by atoms with Crippen molar-refractivity contribution in [3.63, 3.8) is 0 Å². The molecular weight excluding hydrogens is 402 g/mol. The molecule has 2 aliphatic rings. The van der Waals surface area contributed by atoms with Crippen molar-refractivity contribution in [3.05, 3.63) is 59.2 Å². The second-order valence-corrected chi connectivity index (χ2v) is 8.94. The zero-order valence-corrected chi connectivity index (χ0v) is 18.9. The number of nitrogens with zero attached hydrogens (tertiary/aromatic N) is 7. The fourth-order valence-corrected chi connectivity index (χ4v) is 5.16. The van der Waals surface area contributed by atoms with Crippen LogP contribution in [-0.2, 0) is 0 Å². The fraction of sp³-hybridized carbons (Fsp3) is 0.458. The van der Waals surface area contributed by atoms with Crippen molar-refractivity contribution < 1.29 is 4.79 Å². The summed E-state index contributed by atoms with van der Waals surface area (Å²) in [6.07, 6.45) is 6.39. The minimum absolute atomic E-state index is 0.00449. The van der Waals surface area contributed by atoms with Gasteiger partial charge in [0, 0.05) is 30.0 Å². The van der Waals surface area contributed by atoms with Crippen molar-refractivity contribution in [2.45, 2.75) is 53.0 Å². The second kappa shape index (κ2) is 7.69. The van der Waals surface area contributed by atoms with E-state index < -0.39 is 0 Å². The molecule has 4 heterocycles. The number of fused-ring (bicyclic) bond motifs is 1. The number of hydrogen-bond donors (Lipinski definition) is 0. The van der Waals surface area contributed by atoms with E-state index in [1.807, 2.05) is 37.8 Å². The monoisotopic (exact) mass is 429 g/mol. The third-order valence-electron chi connectivity index (χ3n) is 7.17. The topological polar surface area (TPSA) is 97.7 Å². The Labute approximate surface area is 187 Å². The highest BCUT2D eigenvalue weighted by Crippen LogP contribution is 2.67. The van der Waals surface area contributed by atoms with E-state index in [-0.39, 0.29) is 17.4 Å². The molecule has 8 heteroatoms. The van der Waals surface area contributed by atoms with Crippen molar-refractivity contribution >= 4 is 5.91 Å². The number of carbonyl (C=O) groups is 1. The molecule has 0 N–H and O–H groups in total. The first-order valence-corrected chi connectivity index (χ1v) is 11.2. The molecule has 2 fully saturated rings. The first-order valence-electron chi connectivity index (χ1n) is 11.2. The van der Waals surface area contributed by atoms with Crippen molar-refractivity contribution in [3.8, 4) is 11.4 Å². The molecule has 1 aliphatic heterocycles. The summed E-state index contributed by atoms with van der Waals surface area (Å²) in [5.74, 6) is 1.60. The molecule has 0 aromatic carbocycles. The predicted octanol–water partition coefficient (Wildman–Crippen LogP) is 3.65. The minimum Gasteiger partial charge on any atom is -0.326 e. The number of aromatic nitrogens is 6. The summed E-state index contributed by atoms with van der Waals surface area (Å²) in [6, 6.07) is 5.32. The third kappa shape index (κ3) is 3.25. The second-order valence-electron chi connectivity index (χ2n) is 8.94. The highest BCUT2D eigenvalue weighted by atomic mass is 16.2. The van der Waals surface area contributed by atoms with Gasteiger partial charge >= 0.3 is 0 Å². The van der Waals surface area contributed by atoms with E-state index in [0.717, 1.165) is 36.3 Å². The van der Waals surface area contributed by atoms with Gasteiger partial charge in [0.1, 0.15) is 5.69 Å². The lowest BCUT2D eigenvalue weighted by molar-refractivity contribution is 0.0414. The first-order chi connectivity index (χ1) is 15.4. The molecule has 3 aromatic heterocycles. The Morgan fingerprint density at radius 2 is 1.88 bits per heavy atom. The number of carbonyl (C=O) groups excluding carboxylic acids is 1. The standard InChI is InChI=1S/C24H27N7O/c1-5-24-13-17(24)9-12-31(20(24)22-28-15(3)16(4)29-30-22)23(32)19-18(8-7-14(2)27-19)21-25-10-6-11-26-21/h6-8,10-11,17,20H,5,9,12-13H2,1-4H3. The van der Waals surface area contributed by atoms with E-state index >= 15 is 0 Å². The predicted molar refractivity (Wildman–Crippen MR) is 119 cm³/mol. The quantitative estimate of drug-likeness (QED) is 0.624. The van der Waals surface area contributed by atoms with Crippen LogP contribution in [-0.4, -0.2) is 47.5 Å². The van der Waals surface area contributed by atoms with E-state index in [1.54, 1.807) is 18.5 Å². The van der Waals surface area contributed by atoms with Gasteiger partial charge in [-0.05, 0) is 64.2 Å². The van der Waals surface area contributed by atoms with Crippen LogP contribution >= 0.6 is 0 Å². The third-order valence-corrected chi connectivity index (χ3v) is 7.17. The molecule has 0 bridgehead atoms. The van der Waals surface area contributed by atoms with Crippen LogP contribution < -0.4 is 0 Å². The summed E-state index contributed by atoms with van der Waals surface area (Å²) >= 11 is 0. The zero-order chi connectivity index (χ0) is 22.5. The molecule has 1 saturated carbocycles. The van der Waals surface area contributed by atoms with Crippen LogP contribution in [0.5, 0.6) is 0 Å². The summed E-state index contributed by atoms with van der Waals surface area (Å²) in [5, 5.41) is 8.79. The van der Waals surface area contributed by atoms with Crippen LogP contribution in [0.1, 0.15) is 65.6 Å². The largest absolute Gasteiger partial charge is 0.326 e. The Bertz CT molecular complexity index is 1180. The van der Waals surface area contributed by atoms with Gasteiger partial charge in [0.25, 0.3) is 5.91 Å². The van der Waals surface area contributed by atoms with Crippen molar-refractivity contribution in [2.75, 3.05) is 6.54 Å². The lowest BCUT2D eigenvalue weighted by Gasteiger charge is -2.40. The lowest BCUT2D eigenvalue weighted by Crippen LogP contribution is -2.45. The van der Waals surface area contributed by atoms with Crippen LogP contribution in [0.3, 0.4) is 0 Å². The summed E-state index contributed by atoms with van der Waals surface area (Å²) in [5.41, 5.74) is 3.46. The number of pyridine rings is 1. The molecule has 0 spiro atoms. The maximum atomic E-state index is 14.0. The molecule has 5 rings (SSSR count). The van der Waals surface area contributed by atoms with E-state index in [2.05, 4.69) is 32.1 Å². The van der Waals surface area contributed by atoms with Gasteiger partial charge in [-0.1, -0.05) is 6.92 Å². The molecule has 3 unspecified atom stereocenters. The van der Waals surface area contributed by atoms with E-state index in [9.17, 15) is 4.79 Å². The van der Waals surface area contributed by atoms with Gasteiger partial charge in [-0.3, -0.25) is 4.79 Å². The van der Waals surface area contributed by atoms with Gasteiger partial charge in [-0.25, -0.2) is 19.9 Å². The molecule has 3 aromatic rings. The van der Waals surface area contributed by atoms with Crippen molar-refractivity contribution in [2.24, 2.45) is 11.3 Å². The maximum Gasteiger partial charge on any atom is 0.273 e. The Balaban J connectivity index is 1.61. The maximum absolute atomic E-state index is 14.0. The molecule has 164 valence electrons. The van der Waals surface area contributed by atoms with Gasteiger partial charge in [-0.2, -0.15) is 5.10 Å². The highest BCUT2D eigenvalue weighted by Gasteiger charge is 2.63. The van der Waals surface area contributed by atoms with Gasteiger partial charge in [-0.15, -0.1) is 5.10 Å². The Morgan fingerprint density at radius 3 is 2.59 bits per heavy atom. The fourth-order valence-electron chi connectivity index (χ4n) is 5.16. The summed E-state index contributed by atoms with van der Waals surface area (Å²) in [4.78, 5) is 34.1. The van der Waals surface area contributed by atoms with E-state index in [4.69, 9.17) is 4.98 Å². The number of aryl methyl sites for hydroxylation is 3. The molecule has 8 nitrogen and oxygen atoms in total. The van der Waals surface area contributed by atoms with E-state index in [1.165, 1.54) is 0 Å². The summed E-state index contributed by atoms with van der Waals surface area (Å²) in [6.45, 7) is 8.58. The molecule has 1 saturated heterocycles. The lowest BCUT2D eigenvalue weighted by atomic mass is 9.84. The van der Waals surface area contributed by atoms with Crippen LogP contribution in [0, 0.1) is 32.1 Å². The summed E-state index contributed by atoms with van der Waals surface area (Å²) < 4.78 is 0. The number of piperidine rings is 1. The number of rotatable bonds is 4. The Kier molecular flexibility index (Phi) is 4.95. The molecule has 0 radical (unpaired) electrons. The molecule has 32 heavy (non-hydrogen) atoms. The molecular formula is C24H27N7O. The highest BCUT2D eigenvalue weighted by molar-refractivity contribution is 5.98. The van der Waals surface area contributed by atoms with Gasteiger partial charge in [0.05, 0.1) is 23.0 Å². The zero-order valence-electron chi connectivity index (χ0n) is 18.9. The molecule has 3 atom stereocenters. The van der Waals surface area contributed by atoms with E-state index in [0.29, 0.717) is 35.4 Å². The molecule has 1 aliphatic carbocycles. The van der Waals surface area contributed by atoms with Gasteiger partial charge < -0.3 is 4.90 Å². The minimum atomic E-state index is -0.211. The van der Waals surface area contributed by atoms with Crippen LogP contribution in [0.4, 0.5) is 0 Å². The van der Waals surface area contributed by atoms with Crippen molar-refractivity contribution in [1.29, 1.82) is 0 Å². The van der Waals surface area contributed by atoms with Crippen LogP contribution in [0.25, 0.3) is 11.4 Å². The smallest absolute Gasteiger partial charge is 0.273 e. The summed E-state index contributed by atoms with van der Waals surface area (Å²) in [7, 11) is 0. The molecule has 1 amide bonds. The van der Waals surface area contributed by atoms with Gasteiger partial charge in [0.15, 0.2) is 11.6 Å². The van der Waals surface area contributed by atoms with Crippen molar-refractivity contribution in [1.82, 2.24) is 35.0 Å². The Hall–Kier alpha value is -3.29. The average molecular weight is 430 g/mol. The first kappa shape index (κ1) is 20.6. The number of hydrogen-bond acceptors (Lipinski definition) is 7.